The number of aromatic nitrogens is 1. The Hall–Kier alpha value is -1.94. The summed E-state index contributed by atoms with van der Waals surface area (Å²) in [6.45, 7) is 0. The number of nitrogens with zero attached hydrogens (tertiary/aromatic N) is 2. The predicted molar refractivity (Wildman–Crippen MR) is 70.8 cm³/mol. The summed E-state index contributed by atoms with van der Waals surface area (Å²) in [6, 6.07) is 0.841. The highest BCUT2D eigenvalue weighted by molar-refractivity contribution is 9.11. The van der Waals surface area contributed by atoms with Gasteiger partial charge in [-0.05, 0) is 22.0 Å². The fourth-order valence-electron chi connectivity index (χ4n) is 1.35. The fourth-order valence-corrected chi connectivity index (χ4v) is 2.45. The van der Waals surface area contributed by atoms with E-state index < -0.39 is 33.7 Å². The summed E-state index contributed by atoms with van der Waals surface area (Å²) in [4.78, 5) is 25.5. The molecule has 1 heterocycles. The van der Waals surface area contributed by atoms with Crippen LogP contribution in [-0.4, -0.2) is 15.8 Å². The van der Waals surface area contributed by atoms with Gasteiger partial charge < -0.3 is 0 Å². The molecule has 2 rings (SSSR count). The summed E-state index contributed by atoms with van der Waals surface area (Å²) in [5.74, 6) is -3.69. The third kappa shape index (κ3) is 2.96. The van der Waals surface area contributed by atoms with E-state index in [1.807, 2.05) is 0 Å². The van der Waals surface area contributed by atoms with Crippen LogP contribution < -0.4 is 5.32 Å². The van der Waals surface area contributed by atoms with Crippen LogP contribution in [0.1, 0.15) is 10.4 Å². The van der Waals surface area contributed by atoms with Crippen LogP contribution in [0, 0.1) is 21.7 Å². The molecular weight excluding hydrogens is 360 g/mol. The van der Waals surface area contributed by atoms with Crippen LogP contribution >= 0.6 is 27.3 Å². The van der Waals surface area contributed by atoms with Crippen molar-refractivity contribution in [1.82, 2.24) is 4.98 Å². The van der Waals surface area contributed by atoms with Crippen LogP contribution in [0.25, 0.3) is 0 Å². The molecule has 20 heavy (non-hydrogen) atoms. The number of nitrogens with one attached hydrogen (secondary N) is 1. The first-order chi connectivity index (χ1) is 9.38. The van der Waals surface area contributed by atoms with Crippen molar-refractivity contribution in [3.8, 4) is 0 Å². The molecule has 0 spiro atoms. The molecule has 1 N–H and O–H groups in total. The third-order valence-electron chi connectivity index (χ3n) is 2.18. The Morgan fingerprint density at radius 1 is 1.40 bits per heavy atom. The highest BCUT2D eigenvalue weighted by atomic mass is 79.9. The number of thiazole rings is 1. The van der Waals surface area contributed by atoms with Crippen molar-refractivity contribution in [3.05, 3.63) is 49.4 Å². The Balaban J connectivity index is 2.38. The molecule has 0 saturated carbocycles. The molecular formula is C10H4BrF2N3O3S. The zero-order valence-electron chi connectivity index (χ0n) is 9.39. The predicted octanol–water partition coefficient (Wildman–Crippen LogP) is 3.34. The average molecular weight is 364 g/mol. The number of nitro groups is 1. The molecule has 104 valence electrons. The van der Waals surface area contributed by atoms with Crippen LogP contribution in [0.2, 0.25) is 0 Å². The monoisotopic (exact) mass is 363 g/mol. The van der Waals surface area contributed by atoms with Gasteiger partial charge in [0.2, 0.25) is 0 Å². The van der Waals surface area contributed by atoms with Gasteiger partial charge in [0.25, 0.3) is 11.6 Å². The van der Waals surface area contributed by atoms with Gasteiger partial charge in [-0.15, -0.1) is 0 Å². The van der Waals surface area contributed by atoms with E-state index >= 15 is 0 Å². The summed E-state index contributed by atoms with van der Waals surface area (Å²) in [7, 11) is 0. The van der Waals surface area contributed by atoms with Crippen molar-refractivity contribution in [2.75, 3.05) is 5.32 Å². The average Bonchev–Trinajstić information content (AvgIpc) is 2.77. The van der Waals surface area contributed by atoms with Crippen LogP contribution in [0.4, 0.5) is 19.6 Å². The maximum absolute atomic E-state index is 13.1. The van der Waals surface area contributed by atoms with Crippen molar-refractivity contribution < 1.29 is 18.5 Å². The van der Waals surface area contributed by atoms with Crippen molar-refractivity contribution >= 4 is 44.0 Å². The lowest BCUT2D eigenvalue weighted by Gasteiger charge is -2.03. The Kier molecular flexibility index (Phi) is 4.04. The number of nitro benzene ring substituents is 1. The molecule has 10 heteroatoms. The first kappa shape index (κ1) is 14.5. The molecule has 1 aromatic heterocycles. The van der Waals surface area contributed by atoms with Gasteiger partial charge in [0, 0.05) is 0 Å². The Bertz CT molecular complexity index is 707. The summed E-state index contributed by atoms with van der Waals surface area (Å²) >= 11 is 4.19. The summed E-state index contributed by atoms with van der Waals surface area (Å²) in [5.41, 5.74) is -1.41. The Morgan fingerprint density at radius 3 is 2.60 bits per heavy atom. The van der Waals surface area contributed by atoms with Gasteiger partial charge in [0.05, 0.1) is 21.0 Å². The minimum absolute atomic E-state index is 0.168. The number of hydrogen-bond donors (Lipinski definition) is 1. The normalized spacial score (nSPS) is 10.3. The second kappa shape index (κ2) is 5.59. The lowest BCUT2D eigenvalue weighted by Crippen LogP contribution is -2.14. The molecule has 0 aliphatic rings. The van der Waals surface area contributed by atoms with Crippen LogP contribution in [0.5, 0.6) is 0 Å². The molecule has 1 amide bonds. The third-order valence-corrected chi connectivity index (χ3v) is 3.57. The second-order valence-electron chi connectivity index (χ2n) is 3.46. The molecule has 0 radical (unpaired) electrons. The molecule has 0 aliphatic heterocycles. The van der Waals surface area contributed by atoms with Crippen LogP contribution in [0.3, 0.4) is 0 Å². The molecule has 0 fully saturated rings. The van der Waals surface area contributed by atoms with E-state index in [1.54, 1.807) is 0 Å². The molecule has 0 atom stereocenters. The van der Waals surface area contributed by atoms with Gasteiger partial charge in [-0.1, -0.05) is 11.3 Å². The van der Waals surface area contributed by atoms with Gasteiger partial charge in [-0.25, -0.2) is 13.8 Å². The van der Waals surface area contributed by atoms with E-state index in [1.165, 1.54) is 6.20 Å². The van der Waals surface area contributed by atoms with Crippen molar-refractivity contribution in [2.24, 2.45) is 0 Å². The zero-order valence-corrected chi connectivity index (χ0v) is 11.8. The van der Waals surface area contributed by atoms with E-state index in [0.717, 1.165) is 11.3 Å². The molecule has 0 saturated heterocycles. The highest BCUT2D eigenvalue weighted by Crippen LogP contribution is 2.26. The summed E-state index contributed by atoms with van der Waals surface area (Å²) in [5, 5.41) is 13.2. The quantitative estimate of drug-likeness (QED) is 0.669. The van der Waals surface area contributed by atoms with E-state index in [0.29, 0.717) is 15.9 Å². The number of benzene rings is 1. The fraction of sp³-hybridized carbons (Fsp3) is 0. The lowest BCUT2D eigenvalue weighted by atomic mass is 10.1. The van der Waals surface area contributed by atoms with Gasteiger partial charge in [-0.3, -0.25) is 20.2 Å². The summed E-state index contributed by atoms with van der Waals surface area (Å²) < 4.78 is 26.7. The Labute approximate surface area is 122 Å². The van der Waals surface area contributed by atoms with Crippen molar-refractivity contribution in [2.45, 2.75) is 0 Å². The van der Waals surface area contributed by atoms with Gasteiger partial charge in [0.15, 0.2) is 16.8 Å². The number of carbonyl (C=O) groups is 1. The number of anilines is 1. The molecule has 0 unspecified atom stereocenters. The smallest absolute Gasteiger partial charge is 0.285 e. The van der Waals surface area contributed by atoms with Gasteiger partial charge in [-0.2, -0.15) is 0 Å². The number of carbonyl (C=O) groups excluding carboxylic acids is 1. The van der Waals surface area contributed by atoms with Gasteiger partial charge >= 0.3 is 0 Å². The van der Waals surface area contributed by atoms with Crippen molar-refractivity contribution in [3.63, 3.8) is 0 Å². The minimum Gasteiger partial charge on any atom is -0.298 e. The number of hydrogen-bond acceptors (Lipinski definition) is 5. The van der Waals surface area contributed by atoms with E-state index in [4.69, 9.17) is 0 Å². The molecule has 2 aromatic rings. The molecule has 6 nitrogen and oxygen atoms in total. The topological polar surface area (TPSA) is 85.1 Å². The molecule has 0 bridgehead atoms. The largest absolute Gasteiger partial charge is 0.298 e. The van der Waals surface area contributed by atoms with E-state index in [2.05, 4.69) is 26.2 Å². The van der Waals surface area contributed by atoms with E-state index in [-0.39, 0.29) is 5.13 Å². The maximum atomic E-state index is 13.1. The minimum atomic E-state index is -1.40. The number of amides is 1. The van der Waals surface area contributed by atoms with Crippen LogP contribution in [0.15, 0.2) is 22.1 Å². The van der Waals surface area contributed by atoms with Gasteiger partial charge in [0.1, 0.15) is 5.56 Å². The standard InChI is InChI=1S/C10H4BrF2N3O3S/c11-8-3-14-10(20-8)15-9(17)4-1-5(12)6(13)2-7(4)16(18)19/h1-3H,(H,14,15,17). The first-order valence-electron chi connectivity index (χ1n) is 4.94. The van der Waals surface area contributed by atoms with E-state index in [9.17, 15) is 23.7 Å². The highest BCUT2D eigenvalue weighted by Gasteiger charge is 2.24. The lowest BCUT2D eigenvalue weighted by molar-refractivity contribution is -0.385. The molecule has 1 aromatic carbocycles. The number of rotatable bonds is 3. The zero-order chi connectivity index (χ0) is 14.9. The summed E-state index contributed by atoms with van der Waals surface area (Å²) in [6.07, 6.45) is 1.42. The SMILES string of the molecule is O=C(Nc1ncc(Br)s1)c1cc(F)c(F)cc1[N+](=O)[O-]. The molecule has 0 aliphatic carbocycles. The van der Waals surface area contributed by atoms with Crippen molar-refractivity contribution in [1.29, 1.82) is 0 Å². The maximum Gasteiger partial charge on any atom is 0.285 e. The number of halogens is 3. The first-order valence-corrected chi connectivity index (χ1v) is 6.55. The Morgan fingerprint density at radius 2 is 2.05 bits per heavy atom. The van der Waals surface area contributed by atoms with Crippen LogP contribution in [-0.2, 0) is 0 Å². The second-order valence-corrected chi connectivity index (χ2v) is 5.87.